The highest BCUT2D eigenvalue weighted by Gasteiger charge is 2.37. The van der Waals surface area contributed by atoms with Crippen molar-refractivity contribution < 1.29 is 32.4 Å². The van der Waals surface area contributed by atoms with E-state index in [9.17, 15) is 27.9 Å². The molecule has 1 saturated heterocycles. The molecule has 1 amide bonds. The number of benzene rings is 1. The van der Waals surface area contributed by atoms with E-state index in [1.807, 2.05) is 0 Å². The molecule has 4 rings (SSSR count). The van der Waals surface area contributed by atoms with Gasteiger partial charge < -0.3 is 19.8 Å². The predicted molar refractivity (Wildman–Crippen MR) is 103 cm³/mol. The van der Waals surface area contributed by atoms with Gasteiger partial charge in [-0.05, 0) is 37.3 Å². The van der Waals surface area contributed by atoms with E-state index in [0.29, 0.717) is 25.4 Å². The van der Waals surface area contributed by atoms with E-state index < -0.39 is 35.6 Å². The molecular formula is C21H22F3N3O4. The monoisotopic (exact) mass is 437 g/mol. The molecule has 2 unspecified atom stereocenters. The second-order valence-electron chi connectivity index (χ2n) is 8.17. The summed E-state index contributed by atoms with van der Waals surface area (Å²) >= 11 is 0. The summed E-state index contributed by atoms with van der Waals surface area (Å²) in [6, 6.07) is 5.21. The van der Waals surface area contributed by atoms with Gasteiger partial charge in [0.05, 0.1) is 11.5 Å². The van der Waals surface area contributed by atoms with Crippen molar-refractivity contribution in [3.05, 3.63) is 41.6 Å². The van der Waals surface area contributed by atoms with Gasteiger partial charge in [0.1, 0.15) is 0 Å². The highest BCUT2D eigenvalue weighted by atomic mass is 19.4. The van der Waals surface area contributed by atoms with Crippen LogP contribution < -0.4 is 5.32 Å². The third-order valence-corrected chi connectivity index (χ3v) is 5.76. The normalized spacial score (nSPS) is 22.3. The number of rotatable bonds is 6. The Hall–Kier alpha value is -2.88. The summed E-state index contributed by atoms with van der Waals surface area (Å²) in [7, 11) is 0. The minimum Gasteiger partial charge on any atom is -0.481 e. The minimum atomic E-state index is -4.50. The lowest BCUT2D eigenvalue weighted by atomic mass is 9.91. The number of nitrogens with zero attached hydrogens (tertiary/aromatic N) is 2. The van der Waals surface area contributed by atoms with Crippen molar-refractivity contribution in [2.75, 3.05) is 19.6 Å². The summed E-state index contributed by atoms with van der Waals surface area (Å²) < 4.78 is 43.8. The van der Waals surface area contributed by atoms with Crippen LogP contribution >= 0.6 is 0 Å². The summed E-state index contributed by atoms with van der Waals surface area (Å²) in [5.74, 6) is -1.67. The fourth-order valence-corrected chi connectivity index (χ4v) is 3.88. The van der Waals surface area contributed by atoms with Crippen molar-refractivity contribution in [3.63, 3.8) is 0 Å². The van der Waals surface area contributed by atoms with E-state index in [0.717, 1.165) is 18.7 Å². The number of aromatic nitrogens is 1. The summed E-state index contributed by atoms with van der Waals surface area (Å²) in [4.78, 5) is 26.5. The molecule has 10 heteroatoms. The number of nitrogens with one attached hydrogen (secondary N) is 1. The summed E-state index contributed by atoms with van der Waals surface area (Å²) in [5, 5.41) is 16.0. The van der Waals surface area contributed by atoms with Crippen LogP contribution in [0.2, 0.25) is 0 Å². The number of likely N-dealkylation sites (tertiary alicyclic amines) is 1. The number of hydrogen-bond donors (Lipinski definition) is 2. The number of alkyl halides is 3. The first-order valence-corrected chi connectivity index (χ1v) is 10.1. The molecule has 7 nitrogen and oxygen atoms in total. The zero-order valence-electron chi connectivity index (χ0n) is 16.6. The maximum atomic E-state index is 12.9. The number of aliphatic carboxylic acids is 1. The number of hydrogen-bond acceptors (Lipinski definition) is 5. The first-order chi connectivity index (χ1) is 14.7. The molecule has 2 atom stereocenters. The Balaban J connectivity index is 1.43. The molecule has 2 fully saturated rings. The molecule has 1 aliphatic heterocycles. The van der Waals surface area contributed by atoms with Crippen molar-refractivity contribution in [3.8, 4) is 11.3 Å². The second kappa shape index (κ2) is 8.33. The van der Waals surface area contributed by atoms with Crippen LogP contribution in [0.5, 0.6) is 0 Å². The molecule has 2 N–H and O–H groups in total. The van der Waals surface area contributed by atoms with Crippen LogP contribution in [0.1, 0.15) is 35.3 Å². The van der Waals surface area contributed by atoms with E-state index in [2.05, 4.69) is 15.4 Å². The molecule has 2 heterocycles. The van der Waals surface area contributed by atoms with Gasteiger partial charge in [0, 0.05) is 37.3 Å². The summed E-state index contributed by atoms with van der Waals surface area (Å²) in [6.45, 7) is 1.94. The highest BCUT2D eigenvalue weighted by Crippen LogP contribution is 2.33. The Morgan fingerprint density at radius 1 is 1.23 bits per heavy atom. The topological polar surface area (TPSA) is 95.7 Å². The van der Waals surface area contributed by atoms with Crippen LogP contribution in [0.25, 0.3) is 11.3 Å². The van der Waals surface area contributed by atoms with Gasteiger partial charge in [-0.2, -0.15) is 13.2 Å². The molecular weight excluding hydrogens is 415 g/mol. The molecule has 0 radical (unpaired) electrons. The Labute approximate surface area is 176 Å². The zero-order chi connectivity index (χ0) is 22.2. The van der Waals surface area contributed by atoms with Gasteiger partial charge >= 0.3 is 12.1 Å². The molecule has 1 aromatic carbocycles. The maximum absolute atomic E-state index is 12.9. The molecule has 0 bridgehead atoms. The fourth-order valence-electron chi connectivity index (χ4n) is 3.88. The molecule has 1 aromatic heterocycles. The second-order valence-corrected chi connectivity index (χ2v) is 8.17. The number of carbonyl (C=O) groups is 2. The number of piperidine rings is 1. The Kier molecular flexibility index (Phi) is 5.74. The van der Waals surface area contributed by atoms with E-state index in [1.54, 1.807) is 0 Å². The number of carboxylic acid groups (broad SMARTS) is 1. The summed E-state index contributed by atoms with van der Waals surface area (Å²) in [5.41, 5.74) is -0.815. The standard InChI is InChI=1S/C21H22F3N3O4/c22-21(23,24)14-3-1-2-13(8-14)18-9-17(26-31-18)19(28)25-16-6-7-27(10-12-4-5-12)11-15(16)20(29)30/h1-3,8-9,12,15-16H,4-7,10-11H2,(H,25,28)(H,29,30). The molecule has 166 valence electrons. The van der Waals surface area contributed by atoms with Gasteiger partial charge in [0.15, 0.2) is 11.5 Å². The van der Waals surface area contributed by atoms with Crippen molar-refractivity contribution in [1.29, 1.82) is 0 Å². The van der Waals surface area contributed by atoms with Crippen molar-refractivity contribution in [2.24, 2.45) is 11.8 Å². The van der Waals surface area contributed by atoms with Gasteiger partial charge in [-0.25, -0.2) is 0 Å². The van der Waals surface area contributed by atoms with Gasteiger partial charge in [-0.3, -0.25) is 9.59 Å². The van der Waals surface area contributed by atoms with E-state index in [-0.39, 0.29) is 17.0 Å². The lowest BCUT2D eigenvalue weighted by Crippen LogP contribution is -2.53. The number of amides is 1. The van der Waals surface area contributed by atoms with Crippen LogP contribution in [-0.2, 0) is 11.0 Å². The lowest BCUT2D eigenvalue weighted by Gasteiger charge is -2.36. The Morgan fingerprint density at radius 2 is 2.00 bits per heavy atom. The van der Waals surface area contributed by atoms with Crippen LogP contribution in [0, 0.1) is 11.8 Å². The van der Waals surface area contributed by atoms with Gasteiger partial charge in [-0.15, -0.1) is 0 Å². The van der Waals surface area contributed by atoms with E-state index in [4.69, 9.17) is 4.52 Å². The number of halogens is 3. The van der Waals surface area contributed by atoms with E-state index >= 15 is 0 Å². The highest BCUT2D eigenvalue weighted by molar-refractivity contribution is 5.93. The first kappa shape index (κ1) is 21.4. The van der Waals surface area contributed by atoms with Crippen molar-refractivity contribution in [1.82, 2.24) is 15.4 Å². The maximum Gasteiger partial charge on any atom is 0.416 e. The van der Waals surface area contributed by atoms with Crippen molar-refractivity contribution in [2.45, 2.75) is 31.5 Å². The molecule has 31 heavy (non-hydrogen) atoms. The quantitative estimate of drug-likeness (QED) is 0.720. The third kappa shape index (κ3) is 5.07. The van der Waals surface area contributed by atoms with Gasteiger partial charge in [-0.1, -0.05) is 17.3 Å². The SMILES string of the molecule is O=C(NC1CCN(CC2CC2)CC1C(=O)O)c1cc(-c2cccc(C(F)(F)F)c2)on1. The molecule has 1 aliphatic carbocycles. The average molecular weight is 437 g/mol. The zero-order valence-corrected chi connectivity index (χ0v) is 16.6. The van der Waals surface area contributed by atoms with E-state index in [1.165, 1.54) is 31.0 Å². The predicted octanol–water partition coefficient (Wildman–Crippen LogP) is 3.28. The summed E-state index contributed by atoms with van der Waals surface area (Å²) in [6.07, 6.45) is -1.66. The molecule has 0 spiro atoms. The van der Waals surface area contributed by atoms with Crippen molar-refractivity contribution >= 4 is 11.9 Å². The average Bonchev–Trinajstić information content (AvgIpc) is 3.39. The van der Waals surface area contributed by atoms with Crippen LogP contribution in [-0.4, -0.2) is 52.7 Å². The number of carboxylic acids is 1. The Morgan fingerprint density at radius 3 is 2.68 bits per heavy atom. The molecule has 2 aromatic rings. The Bertz CT molecular complexity index is 971. The molecule has 2 aliphatic rings. The van der Waals surface area contributed by atoms with Gasteiger partial charge in [0.2, 0.25) is 0 Å². The van der Waals surface area contributed by atoms with Crippen LogP contribution in [0.3, 0.4) is 0 Å². The molecule has 1 saturated carbocycles. The van der Waals surface area contributed by atoms with Crippen LogP contribution in [0.4, 0.5) is 13.2 Å². The minimum absolute atomic E-state index is 0.0188. The van der Waals surface area contributed by atoms with Gasteiger partial charge in [0.25, 0.3) is 5.91 Å². The third-order valence-electron chi connectivity index (χ3n) is 5.76. The lowest BCUT2D eigenvalue weighted by molar-refractivity contribution is -0.144. The first-order valence-electron chi connectivity index (χ1n) is 10.1. The largest absolute Gasteiger partial charge is 0.481 e. The number of carbonyl (C=O) groups excluding carboxylic acids is 1. The fraction of sp³-hybridized carbons (Fsp3) is 0.476. The smallest absolute Gasteiger partial charge is 0.416 e. The van der Waals surface area contributed by atoms with Crippen LogP contribution in [0.15, 0.2) is 34.9 Å².